The van der Waals surface area contributed by atoms with E-state index in [1.807, 2.05) is 24.3 Å². The number of hydrogen-bond donors (Lipinski definition) is 0. The first-order chi connectivity index (χ1) is 12.8. The van der Waals surface area contributed by atoms with Crippen molar-refractivity contribution in [2.24, 2.45) is 0 Å². The number of halogens is 1. The quantitative estimate of drug-likeness (QED) is 0.346. The highest BCUT2D eigenvalue weighted by molar-refractivity contribution is 5.31. The number of likely N-dealkylation sites (tertiary alicyclic amines) is 1. The molecule has 156 valence electrons. The average Bonchev–Trinajstić information content (AvgIpc) is 2.69. The number of nitrogens with zero attached hydrogens (tertiary/aromatic N) is 1. The summed E-state index contributed by atoms with van der Waals surface area (Å²) in [5.74, 6) is 1.91. The molecule has 0 bridgehead atoms. The smallest absolute Gasteiger partial charge is 0.119 e. The van der Waals surface area contributed by atoms with Gasteiger partial charge in [-0.1, -0.05) is 26.2 Å². The fourth-order valence-electron chi connectivity index (χ4n) is 3.97. The SMILES string of the molecule is CCCCCCOc1ccc(OCCCC[N+]2(CC)CCCCC2)cc1.[Br-]. The molecule has 1 heterocycles. The van der Waals surface area contributed by atoms with Gasteiger partial charge in [-0.25, -0.2) is 0 Å². The molecule has 0 amide bonds. The molecule has 0 aliphatic carbocycles. The van der Waals surface area contributed by atoms with Gasteiger partial charge in [0.1, 0.15) is 11.5 Å². The highest BCUT2D eigenvalue weighted by Crippen LogP contribution is 2.21. The van der Waals surface area contributed by atoms with E-state index in [0.29, 0.717) is 0 Å². The van der Waals surface area contributed by atoms with E-state index in [1.165, 1.54) is 75.6 Å². The summed E-state index contributed by atoms with van der Waals surface area (Å²) in [5.41, 5.74) is 0. The molecule has 2 rings (SSSR count). The Morgan fingerprint density at radius 1 is 0.741 bits per heavy atom. The summed E-state index contributed by atoms with van der Waals surface area (Å²) in [5, 5.41) is 0. The van der Waals surface area contributed by atoms with E-state index in [-0.39, 0.29) is 17.0 Å². The molecular weight excluding hydrogens is 402 g/mol. The van der Waals surface area contributed by atoms with Gasteiger partial charge < -0.3 is 30.9 Å². The summed E-state index contributed by atoms with van der Waals surface area (Å²) >= 11 is 0. The summed E-state index contributed by atoms with van der Waals surface area (Å²) < 4.78 is 13.0. The molecule has 1 saturated heterocycles. The molecule has 27 heavy (non-hydrogen) atoms. The first-order valence-electron chi connectivity index (χ1n) is 11.0. The van der Waals surface area contributed by atoms with E-state index >= 15 is 0 Å². The lowest BCUT2D eigenvalue weighted by atomic mass is 10.1. The van der Waals surface area contributed by atoms with Crippen LogP contribution >= 0.6 is 0 Å². The van der Waals surface area contributed by atoms with Gasteiger partial charge in [-0.2, -0.15) is 0 Å². The Morgan fingerprint density at radius 3 is 1.81 bits per heavy atom. The summed E-state index contributed by atoms with van der Waals surface area (Å²) in [6, 6.07) is 8.12. The van der Waals surface area contributed by atoms with Crippen LogP contribution in [0.15, 0.2) is 24.3 Å². The van der Waals surface area contributed by atoms with Gasteiger partial charge in [-0.15, -0.1) is 0 Å². The van der Waals surface area contributed by atoms with Crippen molar-refractivity contribution in [1.82, 2.24) is 0 Å². The lowest BCUT2D eigenvalue weighted by molar-refractivity contribution is -0.931. The highest BCUT2D eigenvalue weighted by atomic mass is 79.9. The molecule has 4 heteroatoms. The summed E-state index contributed by atoms with van der Waals surface area (Å²) in [6.45, 7) is 11.6. The third kappa shape index (κ3) is 9.34. The van der Waals surface area contributed by atoms with Crippen molar-refractivity contribution >= 4 is 0 Å². The summed E-state index contributed by atoms with van der Waals surface area (Å²) in [4.78, 5) is 0. The standard InChI is InChI=1S/C23H40NO2.BrH/c1-3-5-6-11-20-25-22-13-15-23(16-14-22)26-21-12-10-19-24(4-2)17-8-7-9-18-24;/h13-16H,3-12,17-21H2,1-2H3;1H/q+1;/p-1. The molecule has 0 radical (unpaired) electrons. The van der Waals surface area contributed by atoms with Crippen LogP contribution in [0.1, 0.15) is 71.6 Å². The number of piperidine rings is 1. The van der Waals surface area contributed by atoms with Crippen LogP contribution in [0.5, 0.6) is 11.5 Å². The Balaban J connectivity index is 0.00000364. The minimum atomic E-state index is 0. The maximum absolute atomic E-state index is 5.91. The van der Waals surface area contributed by atoms with Crippen molar-refractivity contribution in [3.63, 3.8) is 0 Å². The second-order valence-electron chi connectivity index (χ2n) is 7.83. The molecule has 0 spiro atoms. The summed E-state index contributed by atoms with van der Waals surface area (Å²) in [7, 11) is 0. The van der Waals surface area contributed by atoms with Crippen LogP contribution in [-0.2, 0) is 0 Å². The Kier molecular flexibility index (Phi) is 12.9. The number of ether oxygens (including phenoxy) is 2. The molecule has 1 aromatic carbocycles. The second-order valence-corrected chi connectivity index (χ2v) is 7.83. The van der Waals surface area contributed by atoms with Crippen LogP contribution < -0.4 is 26.5 Å². The molecule has 0 saturated carbocycles. The van der Waals surface area contributed by atoms with Crippen LogP contribution in [0.3, 0.4) is 0 Å². The Labute approximate surface area is 177 Å². The number of benzene rings is 1. The Hall–Kier alpha value is -0.740. The molecular formula is C23H40BrNO2. The predicted molar refractivity (Wildman–Crippen MR) is 110 cm³/mol. The molecule has 1 aliphatic heterocycles. The van der Waals surface area contributed by atoms with Crippen LogP contribution in [-0.4, -0.2) is 43.9 Å². The number of rotatable bonds is 13. The monoisotopic (exact) mass is 441 g/mol. The molecule has 1 fully saturated rings. The van der Waals surface area contributed by atoms with Gasteiger partial charge in [-0.3, -0.25) is 0 Å². The van der Waals surface area contributed by atoms with Crippen molar-refractivity contribution in [3.05, 3.63) is 24.3 Å². The Morgan fingerprint density at radius 2 is 1.30 bits per heavy atom. The molecule has 0 aromatic heterocycles. The first kappa shape index (κ1) is 24.3. The van der Waals surface area contributed by atoms with Gasteiger partial charge in [0, 0.05) is 0 Å². The predicted octanol–water partition coefficient (Wildman–Crippen LogP) is 2.83. The third-order valence-corrected chi connectivity index (χ3v) is 5.82. The van der Waals surface area contributed by atoms with Gasteiger partial charge in [0.25, 0.3) is 0 Å². The fraction of sp³-hybridized carbons (Fsp3) is 0.739. The van der Waals surface area contributed by atoms with Crippen LogP contribution in [0, 0.1) is 0 Å². The van der Waals surface area contributed by atoms with Gasteiger partial charge in [-0.05, 0) is 69.7 Å². The van der Waals surface area contributed by atoms with Crippen molar-refractivity contribution < 1.29 is 30.9 Å². The Bertz CT molecular complexity index is 472. The first-order valence-corrected chi connectivity index (χ1v) is 11.0. The molecule has 3 nitrogen and oxygen atoms in total. The van der Waals surface area contributed by atoms with Gasteiger partial charge in [0.05, 0.1) is 39.4 Å². The average molecular weight is 442 g/mol. The highest BCUT2D eigenvalue weighted by Gasteiger charge is 2.26. The molecule has 1 aromatic rings. The minimum absolute atomic E-state index is 0. The van der Waals surface area contributed by atoms with E-state index in [0.717, 1.165) is 37.6 Å². The second kappa shape index (κ2) is 14.3. The zero-order valence-corrected chi connectivity index (χ0v) is 19.1. The lowest BCUT2D eigenvalue weighted by Crippen LogP contribution is -3.00. The van der Waals surface area contributed by atoms with Crippen molar-refractivity contribution in [1.29, 1.82) is 0 Å². The largest absolute Gasteiger partial charge is 1.00 e. The topological polar surface area (TPSA) is 18.5 Å². The number of unbranched alkanes of at least 4 members (excludes halogenated alkanes) is 4. The van der Waals surface area contributed by atoms with Crippen molar-refractivity contribution in [2.45, 2.75) is 71.6 Å². The number of quaternary nitrogens is 1. The van der Waals surface area contributed by atoms with Crippen LogP contribution in [0.25, 0.3) is 0 Å². The molecule has 0 N–H and O–H groups in total. The van der Waals surface area contributed by atoms with E-state index < -0.39 is 0 Å². The van der Waals surface area contributed by atoms with E-state index in [4.69, 9.17) is 9.47 Å². The maximum Gasteiger partial charge on any atom is 0.119 e. The van der Waals surface area contributed by atoms with Gasteiger partial charge in [0.2, 0.25) is 0 Å². The lowest BCUT2D eigenvalue weighted by Gasteiger charge is -2.41. The fourth-order valence-corrected chi connectivity index (χ4v) is 3.97. The van der Waals surface area contributed by atoms with Crippen LogP contribution in [0.2, 0.25) is 0 Å². The molecule has 0 atom stereocenters. The van der Waals surface area contributed by atoms with Crippen LogP contribution in [0.4, 0.5) is 0 Å². The number of hydrogen-bond acceptors (Lipinski definition) is 2. The van der Waals surface area contributed by atoms with E-state index in [2.05, 4.69) is 13.8 Å². The zero-order chi connectivity index (χ0) is 18.5. The van der Waals surface area contributed by atoms with E-state index in [9.17, 15) is 0 Å². The van der Waals surface area contributed by atoms with Crippen molar-refractivity contribution in [3.8, 4) is 11.5 Å². The zero-order valence-electron chi connectivity index (χ0n) is 17.6. The van der Waals surface area contributed by atoms with Crippen molar-refractivity contribution in [2.75, 3.05) is 39.4 Å². The normalized spacial score (nSPS) is 15.8. The maximum atomic E-state index is 5.91. The molecule has 1 aliphatic rings. The van der Waals surface area contributed by atoms with Gasteiger partial charge >= 0.3 is 0 Å². The van der Waals surface area contributed by atoms with E-state index in [1.54, 1.807) is 0 Å². The minimum Gasteiger partial charge on any atom is -1.00 e. The van der Waals surface area contributed by atoms with Gasteiger partial charge in [0.15, 0.2) is 0 Å². The summed E-state index contributed by atoms with van der Waals surface area (Å²) in [6.07, 6.45) is 11.7. The molecule has 0 unspecified atom stereocenters. The third-order valence-electron chi connectivity index (χ3n) is 5.82.